The molecular formula is C37H27FIN3O5S. The number of fused-ring (bicyclic) bond motifs is 1. The Labute approximate surface area is 292 Å². The molecule has 1 aliphatic heterocycles. The normalized spacial score (nSPS) is 14.1. The SMILES string of the molecule is CCOC(=O)C1=C(c2ccccc2)N=c2s/c(=C/c3cc(I)c(OCc4ccccc4C#N)c(OC)c3)c(=O)n2C1c1ccc(F)cc1. The number of nitriles is 1. The van der Waals surface area contributed by atoms with E-state index in [2.05, 4.69) is 28.7 Å². The number of aromatic nitrogens is 1. The van der Waals surface area contributed by atoms with Gasteiger partial charge in [0.25, 0.3) is 5.56 Å². The molecule has 1 aromatic heterocycles. The van der Waals surface area contributed by atoms with Crippen LogP contribution in [-0.2, 0) is 16.1 Å². The zero-order valence-electron chi connectivity index (χ0n) is 25.8. The second-order valence-electron chi connectivity index (χ2n) is 10.6. The van der Waals surface area contributed by atoms with Gasteiger partial charge in [-0.2, -0.15) is 5.26 Å². The topological polar surface area (TPSA) is 103 Å². The van der Waals surface area contributed by atoms with Crippen LogP contribution in [0, 0.1) is 20.7 Å². The third kappa shape index (κ3) is 6.54. The number of hydrogen-bond acceptors (Lipinski definition) is 8. The molecule has 2 heterocycles. The number of ether oxygens (including phenoxy) is 3. The Kier molecular flexibility index (Phi) is 9.84. The van der Waals surface area contributed by atoms with Crippen LogP contribution in [0.15, 0.2) is 106 Å². The van der Waals surface area contributed by atoms with Gasteiger partial charge in [-0.25, -0.2) is 14.2 Å². The van der Waals surface area contributed by atoms with E-state index in [-0.39, 0.29) is 24.3 Å². The van der Waals surface area contributed by atoms with Gasteiger partial charge < -0.3 is 14.2 Å². The summed E-state index contributed by atoms with van der Waals surface area (Å²) in [5.74, 6) is -0.0970. The molecule has 11 heteroatoms. The van der Waals surface area contributed by atoms with Crippen LogP contribution in [0.2, 0.25) is 0 Å². The number of carbonyl (C=O) groups is 1. The largest absolute Gasteiger partial charge is 0.493 e. The zero-order valence-corrected chi connectivity index (χ0v) is 28.8. The van der Waals surface area contributed by atoms with E-state index >= 15 is 0 Å². The Balaban J connectivity index is 1.49. The Bertz CT molecular complexity index is 2280. The molecule has 0 saturated carbocycles. The van der Waals surface area contributed by atoms with Gasteiger partial charge in [-0.3, -0.25) is 9.36 Å². The summed E-state index contributed by atoms with van der Waals surface area (Å²) in [5, 5.41) is 9.45. The van der Waals surface area contributed by atoms with Crippen LogP contribution in [0.5, 0.6) is 11.5 Å². The number of benzene rings is 4. The Hall–Kier alpha value is -5.06. The van der Waals surface area contributed by atoms with Crippen molar-refractivity contribution >= 4 is 51.7 Å². The van der Waals surface area contributed by atoms with Gasteiger partial charge in [-0.15, -0.1) is 0 Å². The molecule has 1 unspecified atom stereocenters. The van der Waals surface area contributed by atoms with Gasteiger partial charge in [0.2, 0.25) is 0 Å². The molecule has 6 rings (SSSR count). The summed E-state index contributed by atoms with van der Waals surface area (Å²) in [4.78, 5) is 33.0. The first-order valence-electron chi connectivity index (χ1n) is 14.8. The second kappa shape index (κ2) is 14.4. The predicted octanol–water partition coefficient (Wildman–Crippen LogP) is 6.14. The van der Waals surface area contributed by atoms with Crippen LogP contribution in [0.25, 0.3) is 11.8 Å². The van der Waals surface area contributed by atoms with Gasteiger partial charge >= 0.3 is 5.97 Å². The molecule has 0 N–H and O–H groups in total. The van der Waals surface area contributed by atoms with Gasteiger partial charge in [0, 0.05) is 11.1 Å². The summed E-state index contributed by atoms with van der Waals surface area (Å²) < 4.78 is 33.9. The second-order valence-corrected chi connectivity index (χ2v) is 12.7. The minimum Gasteiger partial charge on any atom is -0.493 e. The van der Waals surface area contributed by atoms with Crippen LogP contribution in [0.4, 0.5) is 4.39 Å². The average molecular weight is 772 g/mol. The lowest BCUT2D eigenvalue weighted by Gasteiger charge is -2.25. The fraction of sp³-hybridized carbons (Fsp3) is 0.135. The highest BCUT2D eigenvalue weighted by atomic mass is 127. The Morgan fingerprint density at radius 3 is 2.52 bits per heavy atom. The van der Waals surface area contributed by atoms with E-state index in [4.69, 9.17) is 19.2 Å². The van der Waals surface area contributed by atoms with Gasteiger partial charge in [-0.05, 0) is 77.0 Å². The number of hydrogen-bond donors (Lipinski definition) is 0. The van der Waals surface area contributed by atoms with Crippen molar-refractivity contribution in [3.8, 4) is 17.6 Å². The van der Waals surface area contributed by atoms with Crippen molar-refractivity contribution in [1.29, 1.82) is 5.26 Å². The van der Waals surface area contributed by atoms with E-state index in [1.165, 1.54) is 35.1 Å². The molecule has 0 radical (unpaired) electrons. The molecule has 48 heavy (non-hydrogen) atoms. The first kappa shape index (κ1) is 32.9. The Morgan fingerprint density at radius 2 is 1.81 bits per heavy atom. The summed E-state index contributed by atoms with van der Waals surface area (Å²) in [6, 6.07) is 27.0. The summed E-state index contributed by atoms with van der Waals surface area (Å²) in [5.41, 5.74) is 3.36. The minimum absolute atomic E-state index is 0.121. The molecule has 0 bridgehead atoms. The molecule has 0 spiro atoms. The van der Waals surface area contributed by atoms with Crippen molar-refractivity contribution < 1.29 is 23.4 Å². The first-order valence-corrected chi connectivity index (χ1v) is 16.7. The van der Waals surface area contributed by atoms with Gasteiger partial charge in [-0.1, -0.05) is 72.0 Å². The molecule has 0 aliphatic carbocycles. The number of halogens is 2. The Morgan fingerprint density at radius 1 is 1.08 bits per heavy atom. The van der Waals surface area contributed by atoms with Crippen LogP contribution in [-0.4, -0.2) is 24.3 Å². The van der Waals surface area contributed by atoms with E-state index in [1.54, 1.807) is 43.3 Å². The highest BCUT2D eigenvalue weighted by molar-refractivity contribution is 14.1. The lowest BCUT2D eigenvalue weighted by Crippen LogP contribution is -2.40. The highest BCUT2D eigenvalue weighted by Crippen LogP contribution is 2.36. The third-order valence-electron chi connectivity index (χ3n) is 7.62. The van der Waals surface area contributed by atoms with Crippen molar-refractivity contribution in [2.75, 3.05) is 13.7 Å². The predicted molar refractivity (Wildman–Crippen MR) is 189 cm³/mol. The van der Waals surface area contributed by atoms with Crippen LogP contribution in [0.3, 0.4) is 0 Å². The first-order chi connectivity index (χ1) is 23.3. The van der Waals surface area contributed by atoms with Crippen LogP contribution >= 0.6 is 33.9 Å². The number of methoxy groups -OCH3 is 1. The van der Waals surface area contributed by atoms with Crippen LogP contribution in [0.1, 0.15) is 40.8 Å². The fourth-order valence-electron chi connectivity index (χ4n) is 5.42. The van der Waals surface area contributed by atoms with E-state index in [0.717, 1.165) is 9.13 Å². The molecule has 0 amide bonds. The molecule has 1 aliphatic rings. The lowest BCUT2D eigenvalue weighted by molar-refractivity contribution is -0.138. The number of esters is 1. The minimum atomic E-state index is -0.917. The average Bonchev–Trinajstić information content (AvgIpc) is 3.41. The van der Waals surface area contributed by atoms with Gasteiger partial charge in [0.15, 0.2) is 16.3 Å². The van der Waals surface area contributed by atoms with Gasteiger partial charge in [0.05, 0.1) is 50.8 Å². The molecule has 0 fully saturated rings. The monoisotopic (exact) mass is 771 g/mol. The van der Waals surface area contributed by atoms with E-state index in [9.17, 15) is 19.2 Å². The molecule has 1 atom stereocenters. The standard InChI is InChI=1S/C37H27FIN3O5S/c1-3-46-36(44)31-32(23-9-5-4-6-10-23)41-37-42(33(31)24-13-15-27(38)16-14-24)35(43)30(48-37)19-22-17-28(39)34(29(18-22)45-2)47-21-26-12-8-7-11-25(26)20-40/h4-19,33H,3,21H2,1-2H3/b30-19+. The molecule has 240 valence electrons. The summed E-state index contributed by atoms with van der Waals surface area (Å²) in [7, 11) is 1.53. The van der Waals surface area contributed by atoms with E-state index in [0.29, 0.717) is 48.8 Å². The van der Waals surface area contributed by atoms with Crippen molar-refractivity contribution in [1.82, 2.24) is 4.57 Å². The highest BCUT2D eigenvalue weighted by Gasteiger charge is 2.35. The maximum absolute atomic E-state index is 14.2. The number of thiazole rings is 1. The zero-order chi connectivity index (χ0) is 33.8. The summed E-state index contributed by atoms with van der Waals surface area (Å²) in [6.45, 7) is 2.00. The summed E-state index contributed by atoms with van der Waals surface area (Å²) >= 11 is 3.33. The maximum atomic E-state index is 14.2. The van der Waals surface area contributed by atoms with Crippen molar-refractivity contribution in [2.24, 2.45) is 4.99 Å². The van der Waals surface area contributed by atoms with Crippen molar-refractivity contribution in [2.45, 2.75) is 19.6 Å². The number of rotatable bonds is 9. The molecule has 8 nitrogen and oxygen atoms in total. The van der Waals surface area contributed by atoms with E-state index < -0.39 is 17.8 Å². The quantitative estimate of drug-likeness (QED) is 0.132. The van der Waals surface area contributed by atoms with E-state index in [1.807, 2.05) is 48.5 Å². The molecule has 0 saturated heterocycles. The van der Waals surface area contributed by atoms with Crippen molar-refractivity contribution in [3.63, 3.8) is 0 Å². The fourth-order valence-corrected chi connectivity index (χ4v) is 7.20. The number of carbonyl (C=O) groups excluding carboxylic acids is 1. The smallest absolute Gasteiger partial charge is 0.338 e. The lowest BCUT2D eigenvalue weighted by atomic mass is 9.93. The van der Waals surface area contributed by atoms with Crippen LogP contribution < -0.4 is 24.4 Å². The third-order valence-corrected chi connectivity index (χ3v) is 9.40. The number of nitrogens with zero attached hydrogens (tertiary/aromatic N) is 3. The molecule has 4 aromatic carbocycles. The summed E-state index contributed by atoms with van der Waals surface area (Å²) in [6.07, 6.45) is 1.74. The van der Waals surface area contributed by atoms with Gasteiger partial charge in [0.1, 0.15) is 12.4 Å². The molecular weight excluding hydrogens is 744 g/mol. The maximum Gasteiger partial charge on any atom is 0.338 e. The molecule has 5 aromatic rings. The van der Waals surface area contributed by atoms with Crippen molar-refractivity contribution in [3.05, 3.63) is 153 Å².